The van der Waals surface area contributed by atoms with Crippen molar-refractivity contribution in [3.63, 3.8) is 0 Å². The second-order valence-corrected chi connectivity index (χ2v) is 5.56. The van der Waals surface area contributed by atoms with Crippen LogP contribution >= 0.6 is 11.3 Å². The minimum absolute atomic E-state index is 0.202. The van der Waals surface area contributed by atoms with Gasteiger partial charge in [0.05, 0.1) is 5.69 Å². The van der Waals surface area contributed by atoms with Gasteiger partial charge in [-0.25, -0.2) is 4.98 Å². The maximum Gasteiger partial charge on any atom is 0.257 e. The third-order valence-corrected chi connectivity index (χ3v) is 3.92. The molecule has 0 saturated heterocycles. The minimum Gasteiger partial charge on any atom is -0.298 e. The van der Waals surface area contributed by atoms with Crippen molar-refractivity contribution in [2.45, 2.75) is 26.7 Å². The van der Waals surface area contributed by atoms with E-state index in [2.05, 4.69) is 37.3 Å². The highest BCUT2D eigenvalue weighted by Gasteiger charge is 2.13. The second-order valence-electron chi connectivity index (χ2n) is 4.53. The van der Waals surface area contributed by atoms with E-state index in [-0.39, 0.29) is 5.91 Å². The Balaban J connectivity index is 2.91. The van der Waals surface area contributed by atoms with E-state index in [1.54, 1.807) is 30.4 Å². The van der Waals surface area contributed by atoms with Gasteiger partial charge in [0.25, 0.3) is 5.91 Å². The van der Waals surface area contributed by atoms with E-state index < -0.39 is 0 Å². The third kappa shape index (κ3) is 4.31. The van der Waals surface area contributed by atoms with Crippen LogP contribution in [0.5, 0.6) is 0 Å². The van der Waals surface area contributed by atoms with Gasteiger partial charge in [0.1, 0.15) is 0 Å². The predicted molar refractivity (Wildman–Crippen MR) is 87.2 cm³/mol. The molecule has 1 amide bonds. The summed E-state index contributed by atoms with van der Waals surface area (Å²) in [4.78, 5) is 17.7. The predicted octanol–water partition coefficient (Wildman–Crippen LogP) is 4.37. The monoisotopic (exact) mass is 288 g/mol. The topological polar surface area (TPSA) is 42.0 Å². The van der Waals surface area contributed by atoms with E-state index in [0.717, 1.165) is 5.69 Å². The second kappa shape index (κ2) is 7.60. The number of nitrogens with one attached hydrogen (secondary N) is 1. The first kappa shape index (κ1) is 16.1. The summed E-state index contributed by atoms with van der Waals surface area (Å²) in [5.41, 5.74) is 1.48. The van der Waals surface area contributed by atoms with Gasteiger partial charge >= 0.3 is 0 Å². The molecule has 1 aromatic heterocycles. The molecule has 1 aromatic rings. The highest BCUT2D eigenvalue weighted by atomic mass is 32.1. The van der Waals surface area contributed by atoms with Crippen molar-refractivity contribution >= 4 is 22.4 Å². The number of nitrogens with zero attached hydrogens (tertiary/aromatic N) is 1. The Hall–Kier alpha value is -1.94. The van der Waals surface area contributed by atoms with Gasteiger partial charge in [0.15, 0.2) is 5.13 Å². The molecule has 0 bridgehead atoms. The molecular weight excluding hydrogens is 268 g/mol. The van der Waals surface area contributed by atoms with Crippen LogP contribution in [0.15, 0.2) is 49.1 Å². The Morgan fingerprint density at radius 1 is 1.35 bits per heavy atom. The van der Waals surface area contributed by atoms with Crippen LogP contribution in [0.1, 0.15) is 30.3 Å². The van der Waals surface area contributed by atoms with Gasteiger partial charge in [-0.3, -0.25) is 10.1 Å². The zero-order valence-electron chi connectivity index (χ0n) is 12.1. The lowest BCUT2D eigenvalue weighted by Crippen LogP contribution is -2.13. The molecule has 0 aliphatic heterocycles. The van der Waals surface area contributed by atoms with Crippen molar-refractivity contribution in [3.05, 3.63) is 59.7 Å². The van der Waals surface area contributed by atoms with E-state index in [9.17, 15) is 4.79 Å². The number of thiazole rings is 1. The number of hydrogen-bond donors (Lipinski definition) is 1. The fourth-order valence-electron chi connectivity index (χ4n) is 1.67. The first-order valence-electron chi connectivity index (χ1n) is 6.40. The Bertz CT molecular complexity index is 565. The first-order chi connectivity index (χ1) is 9.49. The number of rotatable bonds is 6. The van der Waals surface area contributed by atoms with E-state index in [4.69, 9.17) is 0 Å². The molecule has 20 heavy (non-hydrogen) atoms. The Morgan fingerprint density at radius 2 is 2.05 bits per heavy atom. The molecule has 1 N–H and O–H groups in total. The lowest BCUT2D eigenvalue weighted by atomic mass is 10.1. The minimum atomic E-state index is -0.202. The molecule has 106 valence electrons. The molecular formula is C16H20N2OS. The van der Waals surface area contributed by atoms with Crippen molar-refractivity contribution in [1.29, 1.82) is 0 Å². The number of carbonyl (C=O) groups is 1. The molecule has 0 atom stereocenters. The normalized spacial score (nSPS) is 11.9. The number of amides is 1. The van der Waals surface area contributed by atoms with Gasteiger partial charge in [0.2, 0.25) is 0 Å². The van der Waals surface area contributed by atoms with Crippen molar-refractivity contribution in [2.75, 3.05) is 5.32 Å². The van der Waals surface area contributed by atoms with Crippen LogP contribution in [0.3, 0.4) is 0 Å². The van der Waals surface area contributed by atoms with Crippen molar-refractivity contribution < 1.29 is 4.79 Å². The maximum atomic E-state index is 12.2. The number of carbonyl (C=O) groups excluding carboxylic acids is 1. The molecule has 0 unspecified atom stereocenters. The molecule has 0 fully saturated rings. The molecule has 3 nitrogen and oxygen atoms in total. The molecule has 0 aromatic carbocycles. The molecule has 0 radical (unpaired) electrons. The molecule has 0 saturated carbocycles. The largest absolute Gasteiger partial charge is 0.298 e. The number of hydrogen-bond acceptors (Lipinski definition) is 3. The number of aryl methyl sites for hydroxylation is 1. The highest BCUT2D eigenvalue weighted by Crippen LogP contribution is 2.29. The number of anilines is 1. The van der Waals surface area contributed by atoms with Crippen molar-refractivity contribution in [3.8, 4) is 0 Å². The summed E-state index contributed by atoms with van der Waals surface area (Å²) in [6.45, 7) is 13.4. The lowest BCUT2D eigenvalue weighted by molar-refractivity contribution is -0.112. The van der Waals surface area contributed by atoms with Crippen molar-refractivity contribution in [2.24, 2.45) is 0 Å². The number of allylic oxidation sites excluding steroid dienone is 4. The van der Waals surface area contributed by atoms with Gasteiger partial charge in [-0.05, 0) is 18.9 Å². The van der Waals surface area contributed by atoms with Gasteiger partial charge < -0.3 is 0 Å². The number of aromatic nitrogens is 1. The van der Waals surface area contributed by atoms with E-state index >= 15 is 0 Å². The van der Waals surface area contributed by atoms with E-state index in [0.29, 0.717) is 16.6 Å². The van der Waals surface area contributed by atoms with Crippen LogP contribution in [0.2, 0.25) is 0 Å². The molecule has 0 spiro atoms. The first-order valence-corrected chi connectivity index (χ1v) is 7.21. The summed E-state index contributed by atoms with van der Waals surface area (Å²) < 4.78 is 0. The maximum absolute atomic E-state index is 12.2. The molecule has 1 heterocycles. The van der Waals surface area contributed by atoms with Gasteiger partial charge in [-0.1, -0.05) is 51.3 Å². The van der Waals surface area contributed by atoms with Crippen LogP contribution < -0.4 is 5.32 Å². The van der Waals surface area contributed by atoms with Crippen LogP contribution in [0.4, 0.5) is 5.13 Å². The summed E-state index contributed by atoms with van der Waals surface area (Å²) in [5, 5.41) is 3.44. The van der Waals surface area contributed by atoms with Crippen molar-refractivity contribution in [1.82, 2.24) is 4.98 Å². The summed E-state index contributed by atoms with van der Waals surface area (Å²) in [6.07, 6.45) is 8.25. The molecule has 4 heteroatoms. The Kier molecular flexibility index (Phi) is 6.12. The van der Waals surface area contributed by atoms with Crippen LogP contribution in [-0.2, 0) is 4.79 Å². The van der Waals surface area contributed by atoms with Gasteiger partial charge in [-0.15, -0.1) is 11.3 Å². The average Bonchev–Trinajstić information content (AvgIpc) is 2.75. The SMILES string of the molecule is C=C/C=C\C(=C/C=C)C(=O)Nc1nc(C)c(C(C)C)s1. The zero-order chi connectivity index (χ0) is 15.1. The Morgan fingerprint density at radius 3 is 2.55 bits per heavy atom. The standard InChI is InChI=1S/C16H20N2OS/c1-6-8-10-13(9-7-2)15(19)18-16-17-12(5)14(20-16)11(3)4/h6-11H,1-2H2,3-5H3,(H,17,18,19)/b10-8-,13-9+. The van der Waals surface area contributed by atoms with Crippen LogP contribution in [0, 0.1) is 6.92 Å². The lowest BCUT2D eigenvalue weighted by Gasteiger charge is -2.02. The summed E-state index contributed by atoms with van der Waals surface area (Å²) in [6, 6.07) is 0. The van der Waals surface area contributed by atoms with Crippen LogP contribution in [0.25, 0.3) is 0 Å². The summed E-state index contributed by atoms with van der Waals surface area (Å²) in [5.74, 6) is 0.203. The molecule has 1 rings (SSSR count). The molecule has 0 aliphatic rings. The zero-order valence-corrected chi connectivity index (χ0v) is 13.0. The quantitative estimate of drug-likeness (QED) is 0.624. The Labute approximate surface area is 124 Å². The fraction of sp³-hybridized carbons (Fsp3) is 0.250. The van der Waals surface area contributed by atoms with E-state index in [1.165, 1.54) is 16.2 Å². The summed E-state index contributed by atoms with van der Waals surface area (Å²) in [7, 11) is 0. The van der Waals surface area contributed by atoms with Crippen LogP contribution in [-0.4, -0.2) is 10.9 Å². The van der Waals surface area contributed by atoms with Gasteiger partial charge in [0, 0.05) is 10.5 Å². The highest BCUT2D eigenvalue weighted by molar-refractivity contribution is 7.16. The fourth-order valence-corrected chi connectivity index (χ4v) is 2.64. The smallest absolute Gasteiger partial charge is 0.257 e. The average molecular weight is 288 g/mol. The third-order valence-electron chi connectivity index (χ3n) is 2.55. The van der Waals surface area contributed by atoms with Gasteiger partial charge in [-0.2, -0.15) is 0 Å². The summed E-state index contributed by atoms with van der Waals surface area (Å²) >= 11 is 1.51. The molecule has 0 aliphatic carbocycles. The van der Waals surface area contributed by atoms with E-state index in [1.807, 2.05) is 6.92 Å².